The van der Waals surface area contributed by atoms with Crippen LogP contribution in [0.1, 0.15) is 26.5 Å². The molecule has 4 aromatic rings. The van der Waals surface area contributed by atoms with E-state index in [9.17, 15) is 0 Å². The van der Waals surface area contributed by atoms with Gasteiger partial charge in [0.1, 0.15) is 0 Å². The molecule has 112 valence electrons. The van der Waals surface area contributed by atoms with Crippen LogP contribution in [0.4, 0.5) is 0 Å². The molecule has 0 radical (unpaired) electrons. The first-order chi connectivity index (χ1) is 12.3. The molecule has 0 aliphatic carbocycles. The van der Waals surface area contributed by atoms with Crippen molar-refractivity contribution in [3.63, 3.8) is 0 Å². The second-order valence-electron chi connectivity index (χ2n) is 6.28. The first-order valence-corrected chi connectivity index (χ1v) is 7.69. The zero-order chi connectivity index (χ0) is 18.2. The lowest BCUT2D eigenvalue weighted by Gasteiger charge is -2.00. The van der Waals surface area contributed by atoms with Crippen molar-refractivity contribution in [3.8, 4) is 11.3 Å². The van der Waals surface area contributed by atoms with E-state index in [4.69, 9.17) is 8.53 Å². The molecule has 4 heterocycles. The molecular weight excluding hydrogens is 284 g/mol. The van der Waals surface area contributed by atoms with E-state index in [2.05, 4.69) is 41.7 Å². The van der Waals surface area contributed by atoms with Crippen LogP contribution in [0, 0.1) is 20.7 Å². The highest BCUT2D eigenvalue weighted by atomic mass is 16.3. The average molecular weight is 304 g/mol. The number of benzene rings is 1. The minimum Gasteiger partial charge on any atom is -0.437 e. The molecule has 5 rings (SSSR count). The summed E-state index contributed by atoms with van der Waals surface area (Å²) in [5.74, 6) is 0. The largest absolute Gasteiger partial charge is 0.437 e. The summed E-state index contributed by atoms with van der Waals surface area (Å²) in [5, 5.41) is 1.81. The molecule has 0 amide bonds. The van der Waals surface area contributed by atoms with Crippen molar-refractivity contribution in [1.82, 2.24) is 4.98 Å². The smallest absolute Gasteiger partial charge is 0.227 e. The summed E-state index contributed by atoms with van der Waals surface area (Å²) in [7, 11) is 0. The lowest BCUT2D eigenvalue weighted by Crippen LogP contribution is -2.32. The maximum atomic E-state index is 7.57. The zero-order valence-electron chi connectivity index (χ0n) is 16.0. The number of aromatic nitrogens is 2. The van der Waals surface area contributed by atoms with Crippen LogP contribution in [0.2, 0.25) is 0 Å². The second-order valence-corrected chi connectivity index (χ2v) is 6.28. The molecule has 0 unspecified atom stereocenters. The van der Waals surface area contributed by atoms with Crippen molar-refractivity contribution in [2.24, 2.45) is 0 Å². The molecule has 3 nitrogen and oxygen atoms in total. The molecule has 1 aromatic carbocycles. The normalized spacial score (nSPS) is 15.3. The number of rotatable bonds is 0. The average Bonchev–Trinajstić information content (AvgIpc) is 3.11. The van der Waals surface area contributed by atoms with E-state index in [-0.39, 0.29) is 5.69 Å². The van der Waals surface area contributed by atoms with Gasteiger partial charge in [-0.3, -0.25) is 0 Å². The van der Waals surface area contributed by atoms with Gasteiger partial charge in [0, 0.05) is 37.8 Å². The Balaban J connectivity index is 1.83. The van der Waals surface area contributed by atoms with Crippen LogP contribution in [-0.2, 0) is 6.54 Å². The van der Waals surface area contributed by atoms with Crippen LogP contribution >= 0.6 is 0 Å². The summed E-state index contributed by atoms with van der Waals surface area (Å²) in [4.78, 5) is 4.26. The molecule has 1 aliphatic heterocycles. The van der Waals surface area contributed by atoms with Gasteiger partial charge in [-0.15, -0.1) is 0 Å². The minimum atomic E-state index is -2.24. The maximum Gasteiger partial charge on any atom is 0.227 e. The second kappa shape index (κ2) is 4.19. The third kappa shape index (κ3) is 1.65. The Bertz CT molecular complexity index is 1220. The Morgan fingerprint density at radius 2 is 2.00 bits per heavy atom. The van der Waals surface area contributed by atoms with Crippen LogP contribution in [0.3, 0.4) is 0 Å². The summed E-state index contributed by atoms with van der Waals surface area (Å²) in [6.07, 6.45) is 2.17. The van der Waals surface area contributed by atoms with Crippen LogP contribution in [0.5, 0.6) is 0 Å². The summed E-state index contributed by atoms with van der Waals surface area (Å²) < 4.78 is 31.0. The van der Waals surface area contributed by atoms with E-state index in [1.165, 1.54) is 16.7 Å². The van der Waals surface area contributed by atoms with E-state index in [1.54, 1.807) is 12.1 Å². The predicted molar refractivity (Wildman–Crippen MR) is 90.5 cm³/mol. The van der Waals surface area contributed by atoms with E-state index < -0.39 is 6.85 Å². The van der Waals surface area contributed by atoms with Crippen molar-refractivity contribution < 1.29 is 13.1 Å². The van der Waals surface area contributed by atoms with E-state index >= 15 is 0 Å². The highest BCUT2D eigenvalue weighted by Gasteiger charge is 2.31. The van der Waals surface area contributed by atoms with E-state index in [0.29, 0.717) is 5.71 Å². The molecule has 0 atom stereocenters. The molecule has 1 aliphatic rings. The first-order valence-electron chi connectivity index (χ1n) is 9.19. The van der Waals surface area contributed by atoms with Crippen LogP contribution < -0.4 is 4.57 Å². The lowest BCUT2D eigenvalue weighted by atomic mass is 10.0. The quantitative estimate of drug-likeness (QED) is 0.401. The van der Waals surface area contributed by atoms with Gasteiger partial charge in [-0.1, -0.05) is 6.07 Å². The van der Waals surface area contributed by atoms with Gasteiger partial charge in [0.05, 0.1) is 5.56 Å². The summed E-state index contributed by atoms with van der Waals surface area (Å²) in [6, 6.07) is 9.72. The first kappa shape index (κ1) is 10.2. The molecule has 0 saturated carbocycles. The van der Waals surface area contributed by atoms with Crippen molar-refractivity contribution >= 4 is 22.1 Å². The number of pyridine rings is 2. The Morgan fingerprint density at radius 3 is 2.87 bits per heavy atom. The van der Waals surface area contributed by atoms with Gasteiger partial charge < -0.3 is 4.42 Å². The van der Waals surface area contributed by atoms with Crippen molar-refractivity contribution in [3.05, 3.63) is 58.9 Å². The standard InChI is InChI=1S/C20H17N2O/c1-11-8-17-18-14(10-22(17)9-12(11)2)5-7-15-16-6-4-13(3)21-20(16)23-19(15)18/h4-9H,10H2,1-3H3/q+1/i3D3. The highest BCUT2D eigenvalue weighted by Crippen LogP contribution is 2.39. The minimum absolute atomic E-state index is 0.0574. The molecule has 0 bridgehead atoms. The molecule has 0 saturated heterocycles. The fourth-order valence-electron chi connectivity index (χ4n) is 3.51. The lowest BCUT2D eigenvalue weighted by molar-refractivity contribution is -0.672. The van der Waals surface area contributed by atoms with Crippen molar-refractivity contribution in [1.29, 1.82) is 0 Å². The van der Waals surface area contributed by atoms with Crippen LogP contribution in [0.25, 0.3) is 33.3 Å². The molecule has 0 N–H and O–H groups in total. The van der Waals surface area contributed by atoms with Crippen molar-refractivity contribution in [2.75, 3.05) is 0 Å². The summed E-state index contributed by atoms with van der Waals surface area (Å²) in [6.45, 7) is 2.79. The maximum absolute atomic E-state index is 7.57. The third-order valence-electron chi connectivity index (χ3n) is 4.82. The van der Waals surface area contributed by atoms with Gasteiger partial charge in [0.2, 0.25) is 11.4 Å². The van der Waals surface area contributed by atoms with Gasteiger partial charge in [-0.05, 0) is 44.5 Å². The van der Waals surface area contributed by atoms with Gasteiger partial charge in [0.25, 0.3) is 0 Å². The monoisotopic (exact) mass is 304 g/mol. The molecule has 0 spiro atoms. The Kier molecular flexibility index (Phi) is 1.85. The van der Waals surface area contributed by atoms with Crippen molar-refractivity contribution in [2.45, 2.75) is 27.2 Å². The molecule has 0 fully saturated rings. The van der Waals surface area contributed by atoms with Gasteiger partial charge in [-0.2, -0.15) is 4.57 Å². The van der Waals surface area contributed by atoms with E-state index in [1.807, 2.05) is 6.07 Å². The van der Waals surface area contributed by atoms with Gasteiger partial charge in [-0.25, -0.2) is 4.98 Å². The molecule has 3 aromatic heterocycles. The number of hydrogen-bond acceptors (Lipinski definition) is 2. The Morgan fingerprint density at radius 1 is 1.13 bits per heavy atom. The fourth-order valence-corrected chi connectivity index (χ4v) is 3.51. The number of hydrogen-bond donors (Lipinski definition) is 0. The third-order valence-corrected chi connectivity index (χ3v) is 4.82. The molecule has 3 heteroatoms. The predicted octanol–water partition coefficient (Wildman–Crippen LogP) is 4.22. The Hall–Kier alpha value is -2.68. The summed E-state index contributed by atoms with van der Waals surface area (Å²) in [5.41, 5.74) is 7.13. The number of nitrogens with zero attached hydrogens (tertiary/aromatic N) is 2. The summed E-state index contributed by atoms with van der Waals surface area (Å²) >= 11 is 0. The molecular formula is C20H17N2O+. The van der Waals surface area contributed by atoms with Crippen LogP contribution in [-0.4, -0.2) is 4.98 Å². The fraction of sp³-hybridized carbons (Fsp3) is 0.200. The van der Waals surface area contributed by atoms with Gasteiger partial charge in [0.15, 0.2) is 18.3 Å². The van der Waals surface area contributed by atoms with Crippen LogP contribution in [0.15, 0.2) is 40.9 Å². The number of furan rings is 1. The van der Waals surface area contributed by atoms with E-state index in [0.717, 1.165) is 34.2 Å². The Labute approximate surface area is 138 Å². The zero-order valence-corrected chi connectivity index (χ0v) is 13.0. The SMILES string of the molecule is [2H]C([2H])([2H])c1ccc2c(n1)oc1c3c(ccc12)C[n+]1cc(C)c(C)cc1-3. The number of fused-ring (bicyclic) bond motifs is 7. The molecule has 23 heavy (non-hydrogen) atoms. The van der Waals surface area contributed by atoms with Gasteiger partial charge >= 0.3 is 0 Å². The topological polar surface area (TPSA) is 29.9 Å². The number of aryl methyl sites for hydroxylation is 3. The highest BCUT2D eigenvalue weighted by molar-refractivity contribution is 6.09.